The molecule has 53 heavy (non-hydrogen) atoms. The number of thiophene rings is 1. The maximum Gasteiger partial charge on any atom is 0.135 e. The Bertz CT molecular complexity index is 2800. The Morgan fingerprint density at radius 2 is 1.43 bits per heavy atom. The van der Waals surface area contributed by atoms with Crippen LogP contribution in [0.3, 0.4) is 0 Å². The van der Waals surface area contributed by atoms with Gasteiger partial charge in [-0.25, -0.2) is 4.98 Å². The van der Waals surface area contributed by atoms with E-state index in [-0.39, 0.29) is 26.5 Å². The van der Waals surface area contributed by atoms with Gasteiger partial charge in [0, 0.05) is 70.6 Å². The zero-order valence-corrected chi connectivity index (χ0v) is 32.4. The van der Waals surface area contributed by atoms with Crippen molar-refractivity contribution in [1.29, 1.82) is 0 Å². The number of pyridine rings is 1. The van der Waals surface area contributed by atoms with Crippen LogP contribution in [0.1, 0.15) is 26.3 Å². The van der Waals surface area contributed by atoms with Gasteiger partial charge >= 0.3 is 0 Å². The minimum absolute atomic E-state index is 0. The quantitative estimate of drug-likeness (QED) is 0.161. The minimum Gasteiger partial charge on any atom is -0.509 e. The van der Waals surface area contributed by atoms with Gasteiger partial charge in [-0.3, -0.25) is 0 Å². The van der Waals surface area contributed by atoms with E-state index < -0.39 is 0 Å². The van der Waals surface area contributed by atoms with Crippen molar-refractivity contribution in [2.24, 2.45) is 0 Å². The molecule has 0 bridgehead atoms. The molecule has 0 N–H and O–H groups in total. The van der Waals surface area contributed by atoms with Crippen molar-refractivity contribution in [3.63, 3.8) is 0 Å². The minimum atomic E-state index is -0.00218. The molecule has 0 saturated heterocycles. The van der Waals surface area contributed by atoms with Gasteiger partial charge in [0.05, 0.1) is 5.52 Å². The molecule has 0 unspecified atom stereocenters. The van der Waals surface area contributed by atoms with E-state index in [2.05, 4.69) is 163 Å². The standard InChI is InChI=1S/C46H33N4OS.Pt/c1-46(2,3)31-21-25-42(47-28-31)50-40-27-35(22-23-37(40)45-44(50)43-36-17-8-7-12-30(36)20-24-41(43)52-45)51-34-16-11-15-33(26-34)49-29-48(32-13-5-4-6-14-32)38-18-9-10-19-39(38)49;/h4-25,28-29H,1-3H3;/q-3;. The fourth-order valence-electron chi connectivity index (χ4n) is 7.29. The van der Waals surface area contributed by atoms with Crippen molar-refractivity contribution in [2.75, 3.05) is 9.80 Å². The number of aromatic nitrogens is 2. The Balaban J connectivity index is 0.00000372. The van der Waals surface area contributed by atoms with E-state index in [9.17, 15) is 0 Å². The molecule has 5 nitrogen and oxygen atoms in total. The van der Waals surface area contributed by atoms with E-state index in [1.54, 1.807) is 0 Å². The molecule has 262 valence electrons. The van der Waals surface area contributed by atoms with Crippen molar-refractivity contribution < 1.29 is 25.8 Å². The summed E-state index contributed by atoms with van der Waals surface area (Å²) < 4.78 is 11.3. The molecule has 0 radical (unpaired) electrons. The van der Waals surface area contributed by atoms with Crippen molar-refractivity contribution in [3.8, 4) is 17.3 Å². The third-order valence-corrected chi connectivity index (χ3v) is 11.1. The molecule has 1 aliphatic heterocycles. The molecular formula is C46H33N4OPtS-3. The van der Waals surface area contributed by atoms with Crippen LogP contribution >= 0.6 is 11.3 Å². The van der Waals surface area contributed by atoms with Crippen LogP contribution < -0.4 is 14.5 Å². The van der Waals surface area contributed by atoms with Crippen LogP contribution in [0, 0.1) is 18.8 Å². The second-order valence-electron chi connectivity index (χ2n) is 14.2. The van der Waals surface area contributed by atoms with Gasteiger partial charge in [-0.1, -0.05) is 98.4 Å². The number of nitrogens with zero attached hydrogens (tertiary/aromatic N) is 4. The Kier molecular flexibility index (Phi) is 8.14. The SMILES string of the molecule is CC(C)(C)c1ccc(-n2c3[c-]c(Oc4[c-]c(N5[CH-]N(c6ccccc6)c6ccccc65)ccc4)ccc3c3sc4ccc5ccccc5c4c32)nc1.[Pt]. The second-order valence-corrected chi connectivity index (χ2v) is 15.2. The number of rotatable bonds is 5. The Labute approximate surface area is 327 Å². The Hall–Kier alpha value is -5.42. The van der Waals surface area contributed by atoms with Crippen molar-refractivity contribution in [3.05, 3.63) is 164 Å². The maximum absolute atomic E-state index is 6.58. The van der Waals surface area contributed by atoms with Crippen molar-refractivity contribution in [2.45, 2.75) is 26.2 Å². The first-order valence-electron chi connectivity index (χ1n) is 17.5. The molecule has 4 heterocycles. The summed E-state index contributed by atoms with van der Waals surface area (Å²) in [7, 11) is 0. The van der Waals surface area contributed by atoms with Gasteiger partial charge in [-0.2, -0.15) is 12.1 Å². The molecule has 0 aliphatic carbocycles. The number of anilines is 4. The number of hydrogen-bond acceptors (Lipinski definition) is 5. The number of para-hydroxylation sites is 3. The van der Waals surface area contributed by atoms with Crippen molar-refractivity contribution in [1.82, 2.24) is 9.55 Å². The molecule has 0 spiro atoms. The topological polar surface area (TPSA) is 33.5 Å². The van der Waals surface area contributed by atoms with E-state index >= 15 is 0 Å². The molecule has 0 saturated carbocycles. The first-order chi connectivity index (χ1) is 25.4. The first kappa shape index (κ1) is 33.4. The zero-order valence-electron chi connectivity index (χ0n) is 29.3. The summed E-state index contributed by atoms with van der Waals surface area (Å²) in [5, 5.41) is 4.81. The molecule has 1 aliphatic rings. The van der Waals surface area contributed by atoms with Crippen LogP contribution in [0.4, 0.5) is 22.7 Å². The summed E-state index contributed by atoms with van der Waals surface area (Å²) in [6, 6.07) is 53.6. The van der Waals surface area contributed by atoms with Crippen LogP contribution in [-0.4, -0.2) is 9.55 Å². The molecule has 10 rings (SSSR count). The van der Waals surface area contributed by atoms with Gasteiger partial charge in [-0.15, -0.1) is 54.0 Å². The predicted octanol–water partition coefficient (Wildman–Crippen LogP) is 12.6. The number of benzene rings is 6. The number of hydrogen-bond donors (Lipinski definition) is 0. The van der Waals surface area contributed by atoms with E-state index in [4.69, 9.17) is 9.72 Å². The van der Waals surface area contributed by atoms with Crippen LogP contribution in [0.15, 0.2) is 140 Å². The van der Waals surface area contributed by atoms with Gasteiger partial charge in [0.25, 0.3) is 0 Å². The summed E-state index contributed by atoms with van der Waals surface area (Å²) in [6.07, 6.45) is 2.01. The van der Waals surface area contributed by atoms with E-state index in [0.29, 0.717) is 11.5 Å². The molecule has 0 fully saturated rings. The van der Waals surface area contributed by atoms with E-state index in [1.165, 1.54) is 31.1 Å². The van der Waals surface area contributed by atoms with Gasteiger partial charge in [0.15, 0.2) is 0 Å². The van der Waals surface area contributed by atoms with Gasteiger partial charge in [-0.05, 0) is 58.1 Å². The summed E-state index contributed by atoms with van der Waals surface area (Å²) in [4.78, 5) is 9.42. The van der Waals surface area contributed by atoms with Gasteiger partial charge in [0.1, 0.15) is 5.82 Å². The van der Waals surface area contributed by atoms with Crippen LogP contribution in [0.2, 0.25) is 0 Å². The maximum atomic E-state index is 6.58. The Morgan fingerprint density at radius 3 is 2.23 bits per heavy atom. The average Bonchev–Trinajstić information content (AvgIpc) is 3.84. The third kappa shape index (κ3) is 5.60. The largest absolute Gasteiger partial charge is 0.509 e. The normalized spacial score (nSPS) is 12.9. The van der Waals surface area contributed by atoms with Crippen LogP contribution in [0.5, 0.6) is 11.5 Å². The number of ether oxygens (including phenoxy) is 1. The molecule has 0 atom stereocenters. The molecule has 3 aromatic heterocycles. The molecule has 6 aromatic carbocycles. The van der Waals surface area contributed by atoms with E-state index in [0.717, 1.165) is 45.0 Å². The third-order valence-electron chi connectivity index (χ3n) is 9.89. The van der Waals surface area contributed by atoms with Gasteiger partial charge < -0.3 is 19.1 Å². The molecule has 7 heteroatoms. The summed E-state index contributed by atoms with van der Waals surface area (Å²) in [5.74, 6) is 2.08. The number of fused-ring (bicyclic) bond motifs is 8. The average molecular weight is 885 g/mol. The fraction of sp³-hybridized carbons (Fsp3) is 0.0870. The monoisotopic (exact) mass is 884 g/mol. The zero-order chi connectivity index (χ0) is 35.0. The second kappa shape index (κ2) is 12.9. The summed E-state index contributed by atoms with van der Waals surface area (Å²) in [5.41, 5.74) is 7.44. The van der Waals surface area contributed by atoms with Crippen molar-refractivity contribution >= 4 is 76.1 Å². The molecule has 0 amide bonds. The predicted molar refractivity (Wildman–Crippen MR) is 216 cm³/mol. The molecule has 9 aromatic rings. The van der Waals surface area contributed by atoms with Crippen LogP contribution in [-0.2, 0) is 26.5 Å². The molecular weight excluding hydrogens is 852 g/mol. The first-order valence-corrected chi connectivity index (χ1v) is 18.3. The smallest absolute Gasteiger partial charge is 0.135 e. The van der Waals surface area contributed by atoms with Crippen LogP contribution in [0.25, 0.3) is 47.8 Å². The van der Waals surface area contributed by atoms with Gasteiger partial charge in [0.2, 0.25) is 0 Å². The Morgan fingerprint density at radius 1 is 0.679 bits per heavy atom. The summed E-state index contributed by atoms with van der Waals surface area (Å²) >= 11 is 1.82. The fourth-order valence-corrected chi connectivity index (χ4v) is 8.52. The summed E-state index contributed by atoms with van der Waals surface area (Å²) in [6.45, 7) is 8.76. The van der Waals surface area contributed by atoms with E-state index in [1.807, 2.05) is 41.8 Å².